The van der Waals surface area contributed by atoms with E-state index in [1.54, 1.807) is 11.0 Å². The van der Waals surface area contributed by atoms with Crippen LogP contribution in [0.4, 0.5) is 0 Å². The van der Waals surface area contributed by atoms with Crippen LogP contribution < -0.4 is 15.0 Å². The lowest BCUT2D eigenvalue weighted by atomic mass is 10.3. The van der Waals surface area contributed by atoms with Crippen LogP contribution >= 0.6 is 23.2 Å². The number of rotatable bonds is 7. The predicted octanol–water partition coefficient (Wildman–Crippen LogP) is -0.149. The molecule has 2 rings (SSSR count). The van der Waals surface area contributed by atoms with Crippen molar-refractivity contribution in [3.05, 3.63) is 28.2 Å². The number of nitrogens with two attached hydrogens (primary N) is 1. The first-order valence-electron chi connectivity index (χ1n) is 7.07. The summed E-state index contributed by atoms with van der Waals surface area (Å²) in [4.78, 5) is 1.63. The molecule has 0 aromatic heterocycles. The zero-order valence-electron chi connectivity index (χ0n) is 11.5. The number of ether oxygens (including phenoxy) is 2. The minimum atomic E-state index is 0.461. The summed E-state index contributed by atoms with van der Waals surface area (Å²) in [5, 5.41) is 3.34. The Morgan fingerprint density at radius 2 is 1.90 bits per heavy atom. The number of hydrogen-bond donors (Lipinski definition) is 2. The van der Waals surface area contributed by atoms with E-state index in [-0.39, 0.29) is 0 Å². The van der Waals surface area contributed by atoms with Crippen molar-refractivity contribution in [3.63, 3.8) is 0 Å². The van der Waals surface area contributed by atoms with Crippen molar-refractivity contribution in [1.29, 1.82) is 0 Å². The Morgan fingerprint density at radius 1 is 1.10 bits per heavy atom. The molecule has 112 valence electrons. The molecule has 0 saturated carbocycles. The monoisotopic (exact) mass is 320 g/mol. The highest BCUT2D eigenvalue weighted by Gasteiger charge is 2.14. The lowest BCUT2D eigenvalue weighted by Crippen LogP contribution is -3.20. The van der Waals surface area contributed by atoms with Gasteiger partial charge in [0.2, 0.25) is 0 Å². The van der Waals surface area contributed by atoms with Gasteiger partial charge in [0.05, 0.1) is 18.2 Å². The zero-order chi connectivity index (χ0) is 14.2. The Hall–Kier alpha value is -0.520. The number of nitrogens with one attached hydrogen (secondary N) is 1. The molecule has 0 aliphatic carbocycles. The molecule has 3 N–H and O–H groups in total. The van der Waals surface area contributed by atoms with Crippen LogP contribution in [-0.2, 0) is 4.74 Å². The van der Waals surface area contributed by atoms with E-state index >= 15 is 0 Å². The Morgan fingerprint density at radius 3 is 2.70 bits per heavy atom. The number of benzene rings is 1. The summed E-state index contributed by atoms with van der Waals surface area (Å²) in [6, 6.07) is 5.37. The molecule has 1 fully saturated rings. The molecule has 0 radical (unpaired) electrons. The van der Waals surface area contributed by atoms with Gasteiger partial charge in [-0.15, -0.1) is 0 Å². The normalized spacial score (nSPS) is 16.3. The standard InChI is InChI=1S/C14H20Cl2N2O2/c15-12-2-1-3-13(14(12)16)20-11-10-19-9-8-18-6-4-17-5-7-18/h1-3,17H,4-11H2/p+2. The van der Waals surface area contributed by atoms with Crippen molar-refractivity contribution in [2.24, 2.45) is 0 Å². The fourth-order valence-corrected chi connectivity index (χ4v) is 2.60. The van der Waals surface area contributed by atoms with E-state index in [4.69, 9.17) is 32.7 Å². The second-order valence-corrected chi connectivity index (χ2v) is 5.66. The lowest BCUT2D eigenvalue weighted by Gasteiger charge is -2.21. The van der Waals surface area contributed by atoms with Crippen molar-refractivity contribution in [2.45, 2.75) is 0 Å². The van der Waals surface area contributed by atoms with Crippen LogP contribution in [0.5, 0.6) is 5.75 Å². The van der Waals surface area contributed by atoms with Crippen LogP contribution in [0, 0.1) is 0 Å². The number of piperazine rings is 1. The molecule has 6 heteroatoms. The van der Waals surface area contributed by atoms with Gasteiger partial charge in [0.15, 0.2) is 0 Å². The fourth-order valence-electron chi connectivity index (χ4n) is 2.26. The van der Waals surface area contributed by atoms with Crippen molar-refractivity contribution in [2.75, 3.05) is 52.5 Å². The van der Waals surface area contributed by atoms with Gasteiger partial charge in [-0.1, -0.05) is 29.3 Å². The second-order valence-electron chi connectivity index (χ2n) is 4.88. The van der Waals surface area contributed by atoms with Gasteiger partial charge in [-0.05, 0) is 12.1 Å². The molecule has 4 nitrogen and oxygen atoms in total. The molecule has 20 heavy (non-hydrogen) atoms. The molecule has 0 atom stereocenters. The molecule has 0 amide bonds. The third-order valence-corrected chi connectivity index (χ3v) is 4.21. The first kappa shape index (κ1) is 15.9. The third kappa shape index (κ3) is 5.11. The molecule has 1 aromatic rings. The van der Waals surface area contributed by atoms with Gasteiger partial charge in [-0.2, -0.15) is 0 Å². The molecular weight excluding hydrogens is 299 g/mol. The number of hydrogen-bond acceptors (Lipinski definition) is 2. The minimum Gasteiger partial charge on any atom is -0.490 e. The van der Waals surface area contributed by atoms with Crippen molar-refractivity contribution >= 4 is 23.2 Å². The van der Waals surface area contributed by atoms with E-state index in [1.165, 1.54) is 26.2 Å². The molecule has 1 heterocycles. The maximum absolute atomic E-state index is 6.03. The van der Waals surface area contributed by atoms with Gasteiger partial charge >= 0.3 is 0 Å². The second kappa shape index (κ2) is 8.70. The molecule has 0 bridgehead atoms. The van der Waals surface area contributed by atoms with E-state index in [0.29, 0.717) is 29.0 Å². The highest BCUT2D eigenvalue weighted by Crippen LogP contribution is 2.31. The van der Waals surface area contributed by atoms with Crippen LogP contribution in [0.25, 0.3) is 0 Å². The fraction of sp³-hybridized carbons (Fsp3) is 0.571. The molecular formula is C14H22Cl2N2O2+2. The number of halogens is 2. The highest BCUT2D eigenvalue weighted by atomic mass is 35.5. The molecule has 0 unspecified atom stereocenters. The van der Waals surface area contributed by atoms with Crippen LogP contribution in [0.15, 0.2) is 18.2 Å². The summed E-state index contributed by atoms with van der Waals surface area (Å²) in [7, 11) is 0. The van der Waals surface area contributed by atoms with Crippen molar-refractivity contribution < 1.29 is 19.7 Å². The Bertz CT molecular complexity index is 412. The van der Waals surface area contributed by atoms with Crippen LogP contribution in [-0.4, -0.2) is 52.5 Å². The van der Waals surface area contributed by atoms with Gasteiger partial charge in [0, 0.05) is 0 Å². The van der Waals surface area contributed by atoms with Gasteiger partial charge < -0.3 is 19.7 Å². The number of quaternary nitrogens is 2. The maximum Gasteiger partial charge on any atom is 0.139 e. The van der Waals surface area contributed by atoms with Crippen molar-refractivity contribution in [1.82, 2.24) is 0 Å². The molecule has 1 saturated heterocycles. The Kier molecular flexibility index (Phi) is 6.90. The quantitative estimate of drug-likeness (QED) is 0.686. The summed E-state index contributed by atoms with van der Waals surface area (Å²) >= 11 is 11.9. The minimum absolute atomic E-state index is 0.461. The summed E-state index contributed by atoms with van der Waals surface area (Å²) in [6.07, 6.45) is 0. The Labute approximate surface area is 129 Å². The SMILES string of the molecule is Clc1cccc(OCCOCC[NH+]2CC[NH2+]CC2)c1Cl. The third-order valence-electron chi connectivity index (χ3n) is 3.41. The average Bonchev–Trinajstić information content (AvgIpc) is 2.48. The summed E-state index contributed by atoms with van der Waals surface area (Å²) in [6.45, 7) is 7.84. The van der Waals surface area contributed by atoms with Crippen LogP contribution in [0.2, 0.25) is 10.0 Å². The Balaban J connectivity index is 1.56. The van der Waals surface area contributed by atoms with Gasteiger partial charge in [-0.3, -0.25) is 0 Å². The van der Waals surface area contributed by atoms with E-state index in [1.807, 2.05) is 12.1 Å². The van der Waals surface area contributed by atoms with Crippen LogP contribution in [0.3, 0.4) is 0 Å². The topological polar surface area (TPSA) is 39.5 Å². The smallest absolute Gasteiger partial charge is 0.139 e. The molecule has 1 aliphatic heterocycles. The van der Waals surface area contributed by atoms with E-state index < -0.39 is 0 Å². The summed E-state index contributed by atoms with van der Waals surface area (Å²) < 4.78 is 11.2. The summed E-state index contributed by atoms with van der Waals surface area (Å²) in [5.41, 5.74) is 0. The van der Waals surface area contributed by atoms with Gasteiger partial charge in [-0.25, -0.2) is 0 Å². The highest BCUT2D eigenvalue weighted by molar-refractivity contribution is 6.42. The average molecular weight is 321 g/mol. The molecule has 1 aromatic carbocycles. The first-order valence-corrected chi connectivity index (χ1v) is 7.83. The van der Waals surface area contributed by atoms with Gasteiger partial charge in [0.1, 0.15) is 50.1 Å². The van der Waals surface area contributed by atoms with E-state index in [2.05, 4.69) is 5.32 Å². The predicted molar refractivity (Wildman–Crippen MR) is 80.0 cm³/mol. The van der Waals surface area contributed by atoms with Crippen LogP contribution in [0.1, 0.15) is 0 Å². The largest absolute Gasteiger partial charge is 0.490 e. The zero-order valence-corrected chi connectivity index (χ0v) is 13.1. The van der Waals surface area contributed by atoms with E-state index in [0.717, 1.165) is 13.2 Å². The van der Waals surface area contributed by atoms with Gasteiger partial charge in [0.25, 0.3) is 0 Å². The van der Waals surface area contributed by atoms with Crippen molar-refractivity contribution in [3.8, 4) is 5.75 Å². The van der Waals surface area contributed by atoms with E-state index in [9.17, 15) is 0 Å². The lowest BCUT2D eigenvalue weighted by molar-refractivity contribution is -0.947. The molecule has 0 spiro atoms. The first-order chi connectivity index (χ1) is 9.77. The maximum atomic E-state index is 6.03. The summed E-state index contributed by atoms with van der Waals surface area (Å²) in [5.74, 6) is 0.611. The molecule has 1 aliphatic rings.